The Morgan fingerprint density at radius 3 is 2.56 bits per heavy atom. The first kappa shape index (κ1) is 26.5. The van der Waals surface area contributed by atoms with Crippen molar-refractivity contribution >= 4 is 0 Å². The van der Waals surface area contributed by atoms with Crippen LogP contribution in [0.3, 0.4) is 0 Å². The average molecular weight is 503 g/mol. The lowest BCUT2D eigenvalue weighted by Crippen LogP contribution is -2.62. The third-order valence-electron chi connectivity index (χ3n) is 12.1. The highest BCUT2D eigenvalue weighted by Crippen LogP contribution is 2.70. The minimum absolute atomic E-state index is 0.321. The lowest BCUT2D eigenvalue weighted by atomic mass is 9.41. The van der Waals surface area contributed by atoms with Gasteiger partial charge in [0.2, 0.25) is 0 Å². The van der Waals surface area contributed by atoms with Gasteiger partial charge in [-0.1, -0.05) is 52.6 Å². The van der Waals surface area contributed by atoms with Crippen molar-refractivity contribution in [3.63, 3.8) is 0 Å². The molecule has 0 saturated heterocycles. The Bertz CT molecular complexity index is 943. The summed E-state index contributed by atoms with van der Waals surface area (Å²) >= 11 is 0. The summed E-state index contributed by atoms with van der Waals surface area (Å²) in [7, 11) is 1.77. The molecule has 4 saturated carbocycles. The molecule has 4 aliphatic carbocycles. The number of methoxy groups -OCH3 is 1. The van der Waals surface area contributed by atoms with E-state index in [0.29, 0.717) is 53.2 Å². The van der Waals surface area contributed by atoms with E-state index in [0.717, 1.165) is 36.5 Å². The van der Waals surface area contributed by atoms with Crippen molar-refractivity contribution in [2.75, 3.05) is 13.9 Å². The Labute approximate surface area is 217 Å². The molecule has 0 aliphatic heterocycles. The van der Waals surface area contributed by atoms with Gasteiger partial charge in [0.1, 0.15) is 6.79 Å². The van der Waals surface area contributed by atoms with Crippen LogP contribution < -0.4 is 5.76 Å². The number of aromatic amines is 1. The van der Waals surface area contributed by atoms with Gasteiger partial charge < -0.3 is 9.47 Å². The molecular weight excluding hydrogens is 452 g/mol. The molecule has 6 nitrogen and oxygen atoms in total. The average Bonchev–Trinajstić information content (AvgIpc) is 3.44. The fraction of sp³-hybridized carbons (Fsp3) is 0.933. The normalized spacial score (nSPS) is 45.1. The molecule has 204 valence electrons. The number of rotatable bonds is 8. The first-order valence-corrected chi connectivity index (χ1v) is 14.9. The summed E-state index contributed by atoms with van der Waals surface area (Å²) in [4.78, 5) is 14.1. The molecule has 4 unspecified atom stereocenters. The molecule has 1 aromatic heterocycles. The molecule has 0 spiro atoms. The minimum Gasteiger partial charge on any atom is -0.359 e. The van der Waals surface area contributed by atoms with E-state index in [1.54, 1.807) is 7.11 Å². The second kappa shape index (κ2) is 10.2. The van der Waals surface area contributed by atoms with Gasteiger partial charge in [-0.25, -0.2) is 4.79 Å². The SMILES string of the molecule is CC[C@H]1C(OCOC)C2C3CC[C@H]([C@H](C)CCc4noc(=O)[nH]4)[C@@]3(C)CCC2[C@@]2(C)CC[C@@H](C)C[C@@H]12. The van der Waals surface area contributed by atoms with E-state index in [2.05, 4.69) is 44.8 Å². The number of H-pyrrole nitrogens is 1. The predicted molar refractivity (Wildman–Crippen MR) is 140 cm³/mol. The Hall–Kier alpha value is -1.14. The van der Waals surface area contributed by atoms with Gasteiger partial charge in [0.15, 0.2) is 5.82 Å². The zero-order valence-electron chi connectivity index (χ0n) is 23.6. The molecule has 4 aliphatic rings. The van der Waals surface area contributed by atoms with Gasteiger partial charge in [0, 0.05) is 13.5 Å². The molecule has 0 radical (unpaired) electrons. The summed E-state index contributed by atoms with van der Waals surface area (Å²) in [5, 5.41) is 3.90. The van der Waals surface area contributed by atoms with E-state index >= 15 is 0 Å². The molecule has 5 rings (SSSR count). The fourth-order valence-electron chi connectivity index (χ4n) is 10.4. The smallest absolute Gasteiger partial charge is 0.359 e. The number of fused-ring (bicyclic) bond motifs is 5. The van der Waals surface area contributed by atoms with Gasteiger partial charge in [-0.05, 0) is 103 Å². The molecule has 1 aromatic rings. The van der Waals surface area contributed by atoms with Gasteiger partial charge in [0.05, 0.1) is 6.10 Å². The molecule has 11 atom stereocenters. The third-order valence-corrected chi connectivity index (χ3v) is 12.1. The summed E-state index contributed by atoms with van der Waals surface area (Å²) in [5.74, 6) is 5.93. The van der Waals surface area contributed by atoms with Crippen molar-refractivity contribution in [2.45, 2.75) is 105 Å². The maximum absolute atomic E-state index is 11.4. The number of nitrogens with zero attached hydrogens (tertiary/aromatic N) is 1. The maximum Gasteiger partial charge on any atom is 0.438 e. The third kappa shape index (κ3) is 4.32. The van der Waals surface area contributed by atoms with Crippen LogP contribution in [-0.2, 0) is 15.9 Å². The first-order valence-electron chi connectivity index (χ1n) is 14.9. The van der Waals surface area contributed by atoms with Gasteiger partial charge >= 0.3 is 5.76 Å². The van der Waals surface area contributed by atoms with Crippen LogP contribution in [0.25, 0.3) is 0 Å². The van der Waals surface area contributed by atoms with Crippen LogP contribution >= 0.6 is 0 Å². The van der Waals surface area contributed by atoms with Gasteiger partial charge in [-0.3, -0.25) is 9.51 Å². The number of hydrogen-bond acceptors (Lipinski definition) is 5. The van der Waals surface area contributed by atoms with Crippen LogP contribution in [0.2, 0.25) is 0 Å². The zero-order valence-corrected chi connectivity index (χ0v) is 23.6. The highest BCUT2D eigenvalue weighted by atomic mass is 16.7. The Morgan fingerprint density at radius 2 is 1.86 bits per heavy atom. The van der Waals surface area contributed by atoms with Gasteiger partial charge in [-0.15, -0.1) is 0 Å². The van der Waals surface area contributed by atoms with Gasteiger partial charge in [-0.2, -0.15) is 0 Å². The van der Waals surface area contributed by atoms with Crippen LogP contribution in [0, 0.1) is 58.2 Å². The van der Waals surface area contributed by atoms with E-state index in [1.165, 1.54) is 51.4 Å². The van der Waals surface area contributed by atoms with Crippen LogP contribution in [-0.4, -0.2) is 30.1 Å². The molecular formula is C30H50N2O4. The number of aromatic nitrogens is 2. The highest BCUT2D eigenvalue weighted by Gasteiger charge is 2.65. The number of nitrogens with one attached hydrogen (secondary N) is 1. The lowest BCUT2D eigenvalue weighted by molar-refractivity contribution is -0.231. The minimum atomic E-state index is -0.447. The summed E-state index contributed by atoms with van der Waals surface area (Å²) in [6.07, 6.45) is 12.9. The van der Waals surface area contributed by atoms with Crippen molar-refractivity contribution < 1.29 is 14.0 Å². The first-order chi connectivity index (χ1) is 17.2. The van der Waals surface area contributed by atoms with Crippen LogP contribution in [0.15, 0.2) is 9.32 Å². The number of ether oxygens (including phenoxy) is 2. The van der Waals surface area contributed by atoms with E-state index in [1.807, 2.05) is 0 Å². The molecule has 1 heterocycles. The van der Waals surface area contributed by atoms with E-state index in [-0.39, 0.29) is 0 Å². The molecule has 6 heteroatoms. The van der Waals surface area contributed by atoms with Crippen molar-refractivity contribution in [3.05, 3.63) is 16.4 Å². The second-order valence-electron chi connectivity index (χ2n) is 13.7. The van der Waals surface area contributed by atoms with Crippen LogP contribution in [0.5, 0.6) is 0 Å². The fourth-order valence-corrected chi connectivity index (χ4v) is 10.4. The van der Waals surface area contributed by atoms with Crippen molar-refractivity contribution in [2.24, 2.45) is 58.2 Å². The second-order valence-corrected chi connectivity index (χ2v) is 13.7. The predicted octanol–water partition coefficient (Wildman–Crippen LogP) is 6.46. The standard InChI is InChI=1S/C30H50N2O4/c1-7-20-24-16-18(2)12-14-30(24,5)23-13-15-29(4)21(19(3)8-11-25-31-28(33)36-32-25)9-10-22(29)26(23)27(20)35-17-34-6/h18-24,26-27H,7-17H2,1-6H3,(H,31,32,33)/t18-,19-,20-,21-,22?,23?,24+,26?,27?,29-,30-/m1/s1. The van der Waals surface area contributed by atoms with E-state index < -0.39 is 5.76 Å². The maximum atomic E-state index is 11.4. The van der Waals surface area contributed by atoms with Crippen LogP contribution in [0.1, 0.15) is 98.2 Å². The number of hydrogen-bond donors (Lipinski definition) is 1. The molecule has 0 aromatic carbocycles. The molecule has 36 heavy (non-hydrogen) atoms. The van der Waals surface area contributed by atoms with Gasteiger partial charge in [0.25, 0.3) is 0 Å². The Balaban J connectivity index is 1.41. The largest absolute Gasteiger partial charge is 0.438 e. The molecule has 1 N–H and O–H groups in total. The van der Waals surface area contributed by atoms with E-state index in [9.17, 15) is 4.79 Å². The topological polar surface area (TPSA) is 77.3 Å². The van der Waals surface area contributed by atoms with E-state index in [4.69, 9.17) is 14.0 Å². The summed E-state index contributed by atoms with van der Waals surface area (Å²) in [6, 6.07) is 0. The molecule has 4 fully saturated rings. The monoisotopic (exact) mass is 502 g/mol. The van der Waals surface area contributed by atoms with Crippen molar-refractivity contribution in [1.29, 1.82) is 0 Å². The lowest BCUT2D eigenvalue weighted by Gasteiger charge is -2.65. The van der Waals surface area contributed by atoms with Crippen LogP contribution in [0.4, 0.5) is 0 Å². The Morgan fingerprint density at radius 1 is 1.11 bits per heavy atom. The summed E-state index contributed by atoms with van der Waals surface area (Å²) < 4.78 is 17.0. The molecule has 0 amide bonds. The summed E-state index contributed by atoms with van der Waals surface area (Å²) in [5.41, 5.74) is 0.810. The highest BCUT2D eigenvalue weighted by molar-refractivity contribution is 5.13. The zero-order chi connectivity index (χ0) is 25.7. The Kier molecular flexibility index (Phi) is 7.50. The molecule has 0 bridgehead atoms. The number of aryl methyl sites for hydroxylation is 1. The van der Waals surface area contributed by atoms with Crippen molar-refractivity contribution in [3.8, 4) is 0 Å². The summed E-state index contributed by atoms with van der Waals surface area (Å²) in [6.45, 7) is 13.0. The quantitative estimate of drug-likeness (QED) is 0.413. The van der Waals surface area contributed by atoms with Crippen molar-refractivity contribution in [1.82, 2.24) is 10.1 Å².